The maximum absolute atomic E-state index is 14.7. The normalized spacial score (nSPS) is 13.5. The summed E-state index contributed by atoms with van der Waals surface area (Å²) in [5.74, 6) is -10.3. The lowest BCUT2D eigenvalue weighted by Gasteiger charge is -2.17. The second-order valence-electron chi connectivity index (χ2n) is 8.33. The molecule has 0 saturated carbocycles. The monoisotopic (exact) mass is 582 g/mol. The van der Waals surface area contributed by atoms with Gasteiger partial charge in [-0.2, -0.15) is 26.3 Å². The third-order valence-electron chi connectivity index (χ3n) is 5.60. The summed E-state index contributed by atoms with van der Waals surface area (Å²) in [6.45, 7) is 1.01. The van der Waals surface area contributed by atoms with Gasteiger partial charge >= 0.3 is 24.3 Å². The van der Waals surface area contributed by atoms with E-state index in [-0.39, 0.29) is 11.1 Å². The van der Waals surface area contributed by atoms with Gasteiger partial charge in [0.15, 0.2) is 35.5 Å². The van der Waals surface area contributed by atoms with Crippen molar-refractivity contribution in [1.29, 1.82) is 0 Å². The van der Waals surface area contributed by atoms with Gasteiger partial charge in [0.05, 0.1) is 11.1 Å². The molecule has 14 heteroatoms. The first kappa shape index (κ1) is 30.4. The summed E-state index contributed by atoms with van der Waals surface area (Å²) in [6, 6.07) is 7.76. The van der Waals surface area contributed by atoms with Crippen molar-refractivity contribution in [2.45, 2.75) is 38.4 Å². The Morgan fingerprint density at radius 1 is 0.550 bits per heavy atom. The highest BCUT2D eigenvalue weighted by atomic mass is 19.4. The Balaban J connectivity index is 1.86. The maximum Gasteiger partial charge on any atom is 0.425 e. The van der Waals surface area contributed by atoms with Crippen LogP contribution < -0.4 is 0 Å². The van der Waals surface area contributed by atoms with E-state index in [9.17, 15) is 53.5 Å². The van der Waals surface area contributed by atoms with E-state index in [0.29, 0.717) is 26.0 Å². The fourth-order valence-corrected chi connectivity index (χ4v) is 3.27. The summed E-state index contributed by atoms with van der Waals surface area (Å²) in [7, 11) is 0. The van der Waals surface area contributed by atoms with Crippen LogP contribution in [0.5, 0.6) is 0 Å². The highest BCUT2D eigenvalue weighted by Crippen LogP contribution is 2.32. The van der Waals surface area contributed by atoms with Crippen molar-refractivity contribution in [2.75, 3.05) is 0 Å². The first-order chi connectivity index (χ1) is 18.4. The van der Waals surface area contributed by atoms with Crippen molar-refractivity contribution in [1.82, 2.24) is 0 Å². The molecule has 3 rings (SSSR count). The van der Waals surface area contributed by atoms with Crippen LogP contribution in [0, 0.1) is 23.3 Å². The molecule has 0 aliphatic carbocycles. The van der Waals surface area contributed by atoms with Gasteiger partial charge in [0.2, 0.25) is 0 Å². The first-order valence-electron chi connectivity index (χ1n) is 11.1. The molecule has 0 bridgehead atoms. The fourth-order valence-electron chi connectivity index (χ4n) is 3.27. The van der Waals surface area contributed by atoms with Gasteiger partial charge < -0.3 is 9.47 Å². The molecule has 0 aromatic heterocycles. The molecule has 0 fully saturated rings. The van der Waals surface area contributed by atoms with Crippen molar-refractivity contribution in [3.05, 3.63) is 82.9 Å². The van der Waals surface area contributed by atoms with Gasteiger partial charge in [0.25, 0.3) is 0 Å². The zero-order valence-electron chi connectivity index (χ0n) is 20.2. The van der Waals surface area contributed by atoms with Gasteiger partial charge in [0.1, 0.15) is 0 Å². The van der Waals surface area contributed by atoms with Gasteiger partial charge in [-0.05, 0) is 37.1 Å². The Hall–Kier alpha value is -4.10. The number of benzene rings is 3. The molecule has 0 radical (unpaired) electrons. The molecule has 0 aliphatic heterocycles. The molecule has 0 saturated heterocycles. The van der Waals surface area contributed by atoms with Crippen molar-refractivity contribution in [3.8, 4) is 22.3 Å². The van der Waals surface area contributed by atoms with E-state index >= 15 is 0 Å². The fraction of sp³-hybridized carbons (Fsp3) is 0.231. The number of hydrogen-bond acceptors (Lipinski definition) is 4. The molecule has 3 aromatic rings. The lowest BCUT2D eigenvalue weighted by Crippen LogP contribution is -2.31. The molecule has 0 unspecified atom stereocenters. The molecule has 2 atom stereocenters. The number of esters is 2. The lowest BCUT2D eigenvalue weighted by atomic mass is 9.97. The topological polar surface area (TPSA) is 52.6 Å². The van der Waals surface area contributed by atoms with Crippen molar-refractivity contribution in [2.24, 2.45) is 0 Å². The van der Waals surface area contributed by atoms with Crippen LogP contribution in [0.2, 0.25) is 0 Å². The van der Waals surface area contributed by atoms with Crippen molar-refractivity contribution < 1.29 is 63.0 Å². The maximum atomic E-state index is 14.7. The molecule has 4 nitrogen and oxygen atoms in total. The molecular formula is C26H16F10O4. The van der Waals surface area contributed by atoms with E-state index in [1.807, 2.05) is 0 Å². The van der Waals surface area contributed by atoms with E-state index in [1.54, 1.807) is 0 Å². The van der Waals surface area contributed by atoms with E-state index in [4.69, 9.17) is 0 Å². The average molecular weight is 582 g/mol. The number of halogens is 10. The summed E-state index contributed by atoms with van der Waals surface area (Å²) < 4.78 is 142. The molecular weight excluding hydrogens is 566 g/mol. The highest BCUT2D eigenvalue weighted by molar-refractivity contribution is 5.91. The summed E-state index contributed by atoms with van der Waals surface area (Å²) in [4.78, 5) is 23.7. The lowest BCUT2D eigenvalue weighted by molar-refractivity contribution is -0.198. The van der Waals surface area contributed by atoms with Crippen LogP contribution in [0.4, 0.5) is 43.9 Å². The van der Waals surface area contributed by atoms with Gasteiger partial charge in [-0.1, -0.05) is 36.4 Å². The molecule has 0 aliphatic rings. The van der Waals surface area contributed by atoms with E-state index in [0.717, 1.165) is 36.4 Å². The second-order valence-corrected chi connectivity index (χ2v) is 8.33. The SMILES string of the molecule is C[C@H](OC(=O)c1ccc(-c2ccc(-c3ccc(C(=O)O[C@@H](C)C(F)(F)F)c(F)c3F)cc2)c(F)c1F)C(F)(F)F. The van der Waals surface area contributed by atoms with E-state index in [2.05, 4.69) is 9.47 Å². The number of carbonyl (C=O) groups excluding carboxylic acids is 2. The zero-order chi connectivity index (χ0) is 30.2. The average Bonchev–Trinajstić information content (AvgIpc) is 2.86. The summed E-state index contributed by atoms with van der Waals surface area (Å²) in [5, 5.41) is 0. The molecule has 0 amide bonds. The number of rotatable bonds is 6. The Kier molecular flexibility index (Phi) is 8.51. The van der Waals surface area contributed by atoms with Crippen molar-refractivity contribution in [3.63, 3.8) is 0 Å². The van der Waals surface area contributed by atoms with E-state index in [1.165, 1.54) is 0 Å². The molecule has 0 heterocycles. The number of ether oxygens (including phenoxy) is 2. The number of hydrogen-bond donors (Lipinski definition) is 0. The summed E-state index contributed by atoms with van der Waals surface area (Å²) >= 11 is 0. The third-order valence-corrected chi connectivity index (χ3v) is 5.60. The minimum absolute atomic E-state index is 0.0362. The van der Waals surface area contributed by atoms with Crippen LogP contribution in [0.25, 0.3) is 22.3 Å². The Labute approximate surface area is 219 Å². The molecule has 3 aromatic carbocycles. The molecule has 40 heavy (non-hydrogen) atoms. The van der Waals surface area contributed by atoms with Crippen LogP contribution in [0.15, 0.2) is 48.5 Å². The Bertz CT molecular complexity index is 1320. The molecule has 0 N–H and O–H groups in total. The summed E-state index contributed by atoms with van der Waals surface area (Å²) in [6.07, 6.45) is -15.0. The standard InChI is InChI=1S/C26H16F10O4/c1-11(25(31,32)33)39-23(37)17-9-7-15(19(27)21(17)29)13-3-5-14(6-4-13)16-8-10-18(22(30)20(16)28)24(38)40-12(2)26(34,35)36/h3-12H,1-2H3/t11-,12-/m0/s1. The van der Waals surface area contributed by atoms with Crippen LogP contribution >= 0.6 is 0 Å². The predicted molar refractivity (Wildman–Crippen MR) is 119 cm³/mol. The van der Waals surface area contributed by atoms with Crippen molar-refractivity contribution >= 4 is 11.9 Å². The van der Waals surface area contributed by atoms with Gasteiger partial charge in [-0.3, -0.25) is 0 Å². The van der Waals surface area contributed by atoms with Gasteiger partial charge in [0, 0.05) is 11.1 Å². The minimum atomic E-state index is -4.93. The molecule has 214 valence electrons. The minimum Gasteiger partial charge on any atom is -0.449 e. The predicted octanol–water partition coefficient (Wildman–Crippen LogP) is 7.79. The third kappa shape index (κ3) is 6.37. The quantitative estimate of drug-likeness (QED) is 0.220. The largest absolute Gasteiger partial charge is 0.449 e. The van der Waals surface area contributed by atoms with Crippen LogP contribution in [0.3, 0.4) is 0 Å². The van der Waals surface area contributed by atoms with Crippen LogP contribution in [-0.4, -0.2) is 36.5 Å². The second kappa shape index (κ2) is 11.2. The van der Waals surface area contributed by atoms with Gasteiger partial charge in [-0.15, -0.1) is 0 Å². The number of alkyl halides is 6. The Morgan fingerprint density at radius 2 is 0.850 bits per heavy atom. The van der Waals surface area contributed by atoms with E-state index < -0.39 is 82.0 Å². The molecule has 0 spiro atoms. The smallest absolute Gasteiger partial charge is 0.425 e. The zero-order valence-corrected chi connectivity index (χ0v) is 20.2. The first-order valence-corrected chi connectivity index (χ1v) is 11.1. The van der Waals surface area contributed by atoms with Crippen LogP contribution in [-0.2, 0) is 9.47 Å². The highest BCUT2D eigenvalue weighted by Gasteiger charge is 2.40. The number of carbonyl (C=O) groups is 2. The Morgan fingerprint density at radius 3 is 1.12 bits per heavy atom. The van der Waals surface area contributed by atoms with Gasteiger partial charge in [-0.25, -0.2) is 27.2 Å². The van der Waals surface area contributed by atoms with Crippen LogP contribution in [0.1, 0.15) is 34.6 Å². The summed E-state index contributed by atoms with van der Waals surface area (Å²) in [5.41, 5.74) is -3.12.